The predicted octanol–water partition coefficient (Wildman–Crippen LogP) is 4.63. The number of nitrogens with one attached hydrogen (secondary N) is 3. The molecule has 0 spiro atoms. The van der Waals surface area contributed by atoms with Crippen LogP contribution in [0.2, 0.25) is 0 Å². The van der Waals surface area contributed by atoms with Gasteiger partial charge in [-0.15, -0.1) is 0 Å². The van der Waals surface area contributed by atoms with E-state index in [4.69, 9.17) is 20.3 Å². The lowest BCUT2D eigenvalue weighted by atomic mass is 10.2. The largest absolute Gasteiger partial charge is 0.457 e. The number of ether oxygens (including phenoxy) is 2. The SMILES string of the molecule is Cc1cccc(Oc2ccc(C(=O)NC(=N)OC(=N)c3ccc(F)cc3)cc2)c1. The van der Waals surface area contributed by atoms with E-state index >= 15 is 0 Å². The zero-order chi connectivity index (χ0) is 20.8. The van der Waals surface area contributed by atoms with Gasteiger partial charge in [0, 0.05) is 11.1 Å². The van der Waals surface area contributed by atoms with Crippen molar-refractivity contribution in [2.75, 3.05) is 0 Å². The number of carbonyl (C=O) groups is 1. The Balaban J connectivity index is 1.56. The molecule has 0 aliphatic carbocycles. The number of aryl methyl sites for hydroxylation is 1. The molecular weight excluding hydrogens is 373 g/mol. The van der Waals surface area contributed by atoms with Crippen LogP contribution < -0.4 is 10.1 Å². The van der Waals surface area contributed by atoms with Gasteiger partial charge in [0.1, 0.15) is 17.3 Å². The monoisotopic (exact) mass is 391 g/mol. The van der Waals surface area contributed by atoms with Crippen LogP contribution in [-0.4, -0.2) is 17.8 Å². The maximum Gasteiger partial charge on any atom is 0.295 e. The topological polar surface area (TPSA) is 95.3 Å². The molecule has 0 heterocycles. The Bertz CT molecular complexity index is 1050. The van der Waals surface area contributed by atoms with Crippen molar-refractivity contribution in [2.45, 2.75) is 6.92 Å². The van der Waals surface area contributed by atoms with Gasteiger partial charge >= 0.3 is 0 Å². The Hall–Kier alpha value is -4.00. The molecule has 0 saturated carbocycles. The van der Waals surface area contributed by atoms with Crippen LogP contribution in [0.25, 0.3) is 0 Å². The van der Waals surface area contributed by atoms with E-state index < -0.39 is 17.7 Å². The number of hydrogen-bond donors (Lipinski definition) is 3. The highest BCUT2D eigenvalue weighted by Crippen LogP contribution is 2.22. The quantitative estimate of drug-likeness (QED) is 0.447. The fourth-order valence-corrected chi connectivity index (χ4v) is 2.45. The molecular formula is C22H18FN3O3. The van der Waals surface area contributed by atoms with Crippen molar-refractivity contribution in [3.05, 3.63) is 95.3 Å². The molecule has 3 N–H and O–H groups in total. The van der Waals surface area contributed by atoms with E-state index in [9.17, 15) is 9.18 Å². The second-order valence-electron chi connectivity index (χ2n) is 6.16. The minimum atomic E-state index is -0.607. The van der Waals surface area contributed by atoms with Crippen LogP contribution in [0.3, 0.4) is 0 Å². The van der Waals surface area contributed by atoms with E-state index in [0.717, 1.165) is 5.56 Å². The minimum Gasteiger partial charge on any atom is -0.457 e. The second-order valence-corrected chi connectivity index (χ2v) is 6.16. The molecule has 0 unspecified atom stereocenters. The summed E-state index contributed by atoms with van der Waals surface area (Å²) in [6, 6.07) is 18.4. The first-order chi connectivity index (χ1) is 13.9. The number of halogens is 1. The smallest absolute Gasteiger partial charge is 0.295 e. The molecule has 0 saturated heterocycles. The molecule has 29 heavy (non-hydrogen) atoms. The Morgan fingerprint density at radius 2 is 1.55 bits per heavy atom. The average Bonchev–Trinajstić information content (AvgIpc) is 2.69. The van der Waals surface area contributed by atoms with E-state index in [1.165, 1.54) is 24.3 Å². The van der Waals surface area contributed by atoms with Crippen molar-refractivity contribution < 1.29 is 18.7 Å². The van der Waals surface area contributed by atoms with E-state index in [1.807, 2.05) is 31.2 Å². The van der Waals surface area contributed by atoms with Crippen LogP contribution >= 0.6 is 0 Å². The van der Waals surface area contributed by atoms with Gasteiger partial charge in [-0.3, -0.25) is 20.9 Å². The maximum absolute atomic E-state index is 12.9. The lowest BCUT2D eigenvalue weighted by molar-refractivity contribution is 0.0971. The highest BCUT2D eigenvalue weighted by Gasteiger charge is 2.12. The van der Waals surface area contributed by atoms with Gasteiger partial charge in [0.15, 0.2) is 0 Å². The zero-order valence-corrected chi connectivity index (χ0v) is 15.5. The summed E-state index contributed by atoms with van der Waals surface area (Å²) in [6.07, 6.45) is 0. The standard InChI is InChI=1S/C22H18FN3O3/c1-14-3-2-4-19(13-14)28-18-11-7-16(8-12-18)21(27)26-22(25)29-20(24)15-5-9-17(23)10-6-15/h2-13,24H,1H3,(H2,25,26,27). The average molecular weight is 391 g/mol. The van der Waals surface area contributed by atoms with Gasteiger partial charge < -0.3 is 9.47 Å². The normalized spacial score (nSPS) is 10.1. The Morgan fingerprint density at radius 1 is 0.897 bits per heavy atom. The fourth-order valence-electron chi connectivity index (χ4n) is 2.45. The van der Waals surface area contributed by atoms with Crippen molar-refractivity contribution in [3.63, 3.8) is 0 Å². The fraction of sp³-hybridized carbons (Fsp3) is 0.0455. The van der Waals surface area contributed by atoms with E-state index in [0.29, 0.717) is 17.1 Å². The number of amidine groups is 1. The third-order valence-corrected chi connectivity index (χ3v) is 3.88. The first-order valence-electron chi connectivity index (χ1n) is 8.67. The highest BCUT2D eigenvalue weighted by molar-refractivity contribution is 6.07. The molecule has 3 aromatic rings. The van der Waals surface area contributed by atoms with E-state index in [1.54, 1.807) is 24.3 Å². The van der Waals surface area contributed by atoms with Gasteiger partial charge in [0.25, 0.3) is 11.9 Å². The number of hydrogen-bond acceptors (Lipinski definition) is 5. The molecule has 0 fully saturated rings. The van der Waals surface area contributed by atoms with Gasteiger partial charge in [0.2, 0.25) is 5.90 Å². The summed E-state index contributed by atoms with van der Waals surface area (Å²) in [6.45, 7) is 1.97. The van der Waals surface area contributed by atoms with Crippen LogP contribution in [0.15, 0.2) is 72.8 Å². The van der Waals surface area contributed by atoms with Gasteiger partial charge in [-0.05, 0) is 73.2 Å². The number of benzene rings is 3. The Morgan fingerprint density at radius 3 is 2.21 bits per heavy atom. The van der Waals surface area contributed by atoms with Gasteiger partial charge in [-0.25, -0.2) is 4.39 Å². The van der Waals surface area contributed by atoms with Crippen LogP contribution in [0.1, 0.15) is 21.5 Å². The summed E-state index contributed by atoms with van der Waals surface area (Å²) in [7, 11) is 0. The van der Waals surface area contributed by atoms with Gasteiger partial charge in [0.05, 0.1) is 0 Å². The number of rotatable bonds is 4. The molecule has 6 nitrogen and oxygen atoms in total. The minimum absolute atomic E-state index is 0.281. The molecule has 0 radical (unpaired) electrons. The summed E-state index contributed by atoms with van der Waals surface area (Å²) in [5.41, 5.74) is 1.65. The maximum atomic E-state index is 12.9. The lowest BCUT2D eigenvalue weighted by Crippen LogP contribution is -2.33. The summed E-state index contributed by atoms with van der Waals surface area (Å²) in [5.74, 6) is -0.130. The lowest BCUT2D eigenvalue weighted by Gasteiger charge is -2.10. The summed E-state index contributed by atoms with van der Waals surface area (Å²) < 4.78 is 23.6. The van der Waals surface area contributed by atoms with Crippen molar-refractivity contribution >= 4 is 17.8 Å². The molecule has 3 aromatic carbocycles. The molecule has 0 bridgehead atoms. The third-order valence-electron chi connectivity index (χ3n) is 3.88. The van der Waals surface area contributed by atoms with Crippen LogP contribution in [-0.2, 0) is 4.74 Å². The summed E-state index contributed by atoms with van der Waals surface area (Å²) in [5, 5.41) is 17.7. The van der Waals surface area contributed by atoms with Crippen molar-refractivity contribution in [2.24, 2.45) is 0 Å². The van der Waals surface area contributed by atoms with Crippen molar-refractivity contribution in [1.29, 1.82) is 10.8 Å². The molecule has 0 aromatic heterocycles. The molecule has 146 valence electrons. The molecule has 3 rings (SSSR count). The summed E-state index contributed by atoms with van der Waals surface area (Å²) in [4.78, 5) is 12.2. The molecule has 0 aliphatic heterocycles. The first-order valence-corrected chi connectivity index (χ1v) is 8.67. The highest BCUT2D eigenvalue weighted by atomic mass is 19.1. The van der Waals surface area contributed by atoms with Gasteiger partial charge in [-0.2, -0.15) is 0 Å². The molecule has 0 atom stereocenters. The van der Waals surface area contributed by atoms with Crippen molar-refractivity contribution in [1.82, 2.24) is 5.32 Å². The Kier molecular flexibility index (Phi) is 5.99. The third kappa shape index (κ3) is 5.49. The second kappa shape index (κ2) is 8.79. The number of amides is 1. The first kappa shape index (κ1) is 19.8. The predicted molar refractivity (Wildman–Crippen MR) is 107 cm³/mol. The number of carbonyl (C=O) groups excluding carboxylic acids is 1. The molecule has 7 heteroatoms. The van der Waals surface area contributed by atoms with Crippen molar-refractivity contribution in [3.8, 4) is 11.5 Å². The van der Waals surface area contributed by atoms with Crippen LogP contribution in [0, 0.1) is 23.6 Å². The van der Waals surface area contributed by atoms with E-state index in [-0.39, 0.29) is 11.5 Å². The molecule has 1 amide bonds. The van der Waals surface area contributed by atoms with Gasteiger partial charge in [-0.1, -0.05) is 12.1 Å². The summed E-state index contributed by atoms with van der Waals surface area (Å²) >= 11 is 0. The Labute approximate surface area is 166 Å². The molecule has 0 aliphatic rings. The van der Waals surface area contributed by atoms with E-state index in [2.05, 4.69) is 5.32 Å². The van der Waals surface area contributed by atoms with Crippen LogP contribution in [0.5, 0.6) is 11.5 Å². The zero-order valence-electron chi connectivity index (χ0n) is 15.5. The van der Waals surface area contributed by atoms with Crippen LogP contribution in [0.4, 0.5) is 4.39 Å².